The molecule has 0 radical (unpaired) electrons. The van der Waals surface area contributed by atoms with Crippen LogP contribution in [0, 0.1) is 0 Å². The molecule has 1 saturated heterocycles. The second-order valence-corrected chi connectivity index (χ2v) is 2.28. The highest BCUT2D eigenvalue weighted by Crippen LogP contribution is 2.12. The summed E-state index contributed by atoms with van der Waals surface area (Å²) in [6.45, 7) is 0. The van der Waals surface area contributed by atoms with E-state index >= 15 is 0 Å². The maximum Gasteiger partial charge on any atom is 0.301 e. The van der Waals surface area contributed by atoms with Crippen LogP contribution in [0.3, 0.4) is 0 Å². The molecule has 5 heteroatoms. The van der Waals surface area contributed by atoms with Crippen LogP contribution >= 0.6 is 11.8 Å². The third kappa shape index (κ3) is 0.823. The molecule has 1 fully saturated rings. The van der Waals surface area contributed by atoms with Crippen molar-refractivity contribution in [2.75, 3.05) is 0 Å². The molecule has 44 valence electrons. The number of hydrogen-bond donors (Lipinski definition) is 2. The van der Waals surface area contributed by atoms with Crippen LogP contribution < -0.4 is 5.32 Å². The van der Waals surface area contributed by atoms with E-state index in [9.17, 15) is 9.59 Å². The van der Waals surface area contributed by atoms with E-state index in [1.807, 2.05) is 5.32 Å². The summed E-state index contributed by atoms with van der Waals surface area (Å²) in [7, 11) is 0. The Bertz CT molecular complexity index is 129. The molecule has 1 rings (SSSR count). The van der Waals surface area contributed by atoms with Gasteiger partial charge in [0.15, 0.2) is 5.56 Å². The zero-order chi connectivity index (χ0) is 6.15. The summed E-state index contributed by atoms with van der Waals surface area (Å²) in [5.74, 6) is -0.720. The van der Waals surface area contributed by atoms with E-state index in [4.69, 9.17) is 5.11 Å². The van der Waals surface area contributed by atoms with Gasteiger partial charge >= 0.3 is 5.91 Å². The minimum absolute atomic E-state index is 0.584. The molecule has 0 bridgehead atoms. The lowest BCUT2D eigenvalue weighted by molar-refractivity contribution is -0.132. The quantitative estimate of drug-likeness (QED) is 0.401. The summed E-state index contributed by atoms with van der Waals surface area (Å²) in [6, 6.07) is 0. The predicted octanol–water partition coefficient (Wildman–Crippen LogP) is -1.35. The van der Waals surface area contributed by atoms with Gasteiger partial charge in [0.1, 0.15) is 0 Å². The van der Waals surface area contributed by atoms with Crippen molar-refractivity contribution in [1.82, 2.24) is 5.32 Å². The summed E-state index contributed by atoms with van der Waals surface area (Å²) in [4.78, 5) is 20.3. The number of hydrogen-bond acceptors (Lipinski definition) is 4. The molecule has 4 nitrogen and oxygen atoms in total. The first kappa shape index (κ1) is 5.58. The molecule has 0 saturated carbocycles. The van der Waals surface area contributed by atoms with Crippen molar-refractivity contribution in [2.45, 2.75) is 5.56 Å². The third-order valence-corrected chi connectivity index (χ3v) is 1.40. The lowest BCUT2D eigenvalue weighted by Gasteiger charge is -1.92. The molecular weight excluding hydrogens is 130 g/mol. The summed E-state index contributed by atoms with van der Waals surface area (Å²) in [6.07, 6.45) is 0. The molecule has 1 aliphatic heterocycles. The first-order chi connectivity index (χ1) is 3.70. The van der Waals surface area contributed by atoms with Gasteiger partial charge in [-0.05, 0) is 11.8 Å². The Labute approximate surface area is 49.3 Å². The minimum Gasteiger partial charge on any atom is -0.364 e. The molecule has 0 aliphatic carbocycles. The first-order valence-electron chi connectivity index (χ1n) is 1.89. The summed E-state index contributed by atoms with van der Waals surface area (Å²) < 4.78 is 0. The maximum absolute atomic E-state index is 10.2. The van der Waals surface area contributed by atoms with Gasteiger partial charge in [0.05, 0.1) is 0 Å². The van der Waals surface area contributed by atoms with Gasteiger partial charge in [0.2, 0.25) is 0 Å². The number of carbonyl (C=O) groups excluding carboxylic acids is 2. The fourth-order valence-electron chi connectivity index (χ4n) is 0.355. The first-order valence-corrected chi connectivity index (χ1v) is 2.77. The Balaban J connectivity index is 2.64. The molecule has 1 aliphatic rings. The Morgan fingerprint density at radius 3 is 2.38 bits per heavy atom. The van der Waals surface area contributed by atoms with Crippen LogP contribution in [0.1, 0.15) is 0 Å². The fraction of sp³-hybridized carbons (Fsp3) is 0.333. The van der Waals surface area contributed by atoms with Gasteiger partial charge in [-0.3, -0.25) is 9.59 Å². The molecule has 8 heavy (non-hydrogen) atoms. The van der Waals surface area contributed by atoms with Crippen LogP contribution in [0.25, 0.3) is 0 Å². The highest BCUT2D eigenvalue weighted by Gasteiger charge is 2.28. The lowest BCUT2D eigenvalue weighted by atomic mass is 10.7. The van der Waals surface area contributed by atoms with Crippen LogP contribution in [-0.4, -0.2) is 21.7 Å². The largest absolute Gasteiger partial charge is 0.364 e. The Hall–Kier alpha value is -0.550. The molecule has 0 aromatic carbocycles. The van der Waals surface area contributed by atoms with E-state index in [1.54, 1.807) is 0 Å². The van der Waals surface area contributed by atoms with Gasteiger partial charge < -0.3 is 10.4 Å². The molecule has 1 amide bonds. The topological polar surface area (TPSA) is 66.4 Å². The van der Waals surface area contributed by atoms with Crippen LogP contribution in [0.15, 0.2) is 0 Å². The zero-order valence-corrected chi connectivity index (χ0v) is 4.57. The summed E-state index contributed by atoms with van der Waals surface area (Å²) in [5.41, 5.74) is -1.03. The average Bonchev–Trinajstić information content (AvgIpc) is 1.85. The van der Waals surface area contributed by atoms with E-state index in [0.29, 0.717) is 11.8 Å². The number of carbonyl (C=O) groups is 2. The van der Waals surface area contributed by atoms with E-state index in [-0.39, 0.29) is 0 Å². The van der Waals surface area contributed by atoms with Crippen LogP contribution in [0.2, 0.25) is 0 Å². The van der Waals surface area contributed by atoms with Gasteiger partial charge in [-0.2, -0.15) is 0 Å². The Morgan fingerprint density at radius 1 is 1.62 bits per heavy atom. The van der Waals surface area contributed by atoms with Crippen molar-refractivity contribution in [3.05, 3.63) is 0 Å². The van der Waals surface area contributed by atoms with Crippen molar-refractivity contribution in [3.8, 4) is 0 Å². The molecule has 1 heterocycles. The number of thioether (sulfide) groups is 1. The number of rotatable bonds is 0. The lowest BCUT2D eigenvalue weighted by Crippen LogP contribution is -2.25. The molecular formula is C3H3NO3S. The smallest absolute Gasteiger partial charge is 0.301 e. The van der Waals surface area contributed by atoms with Crippen LogP contribution in [0.4, 0.5) is 0 Å². The number of aliphatic hydroxyl groups is 1. The van der Waals surface area contributed by atoms with Crippen molar-refractivity contribution in [1.29, 1.82) is 0 Å². The van der Waals surface area contributed by atoms with Gasteiger partial charge in [0.25, 0.3) is 5.12 Å². The number of amides is 1. The summed E-state index contributed by atoms with van der Waals surface area (Å²) in [5, 5.41) is 9.85. The van der Waals surface area contributed by atoms with E-state index in [0.717, 1.165) is 0 Å². The summed E-state index contributed by atoms with van der Waals surface area (Å²) >= 11 is 0.584. The van der Waals surface area contributed by atoms with Crippen LogP contribution in [-0.2, 0) is 9.59 Å². The second-order valence-electron chi connectivity index (χ2n) is 1.23. The van der Waals surface area contributed by atoms with Gasteiger partial charge in [-0.15, -0.1) is 0 Å². The second kappa shape index (κ2) is 1.75. The van der Waals surface area contributed by atoms with E-state index < -0.39 is 16.6 Å². The molecule has 0 spiro atoms. The van der Waals surface area contributed by atoms with Crippen molar-refractivity contribution in [2.24, 2.45) is 0 Å². The molecule has 1 unspecified atom stereocenters. The molecule has 1 atom stereocenters. The van der Waals surface area contributed by atoms with Gasteiger partial charge in [-0.1, -0.05) is 0 Å². The highest BCUT2D eigenvalue weighted by atomic mass is 32.2. The Morgan fingerprint density at radius 2 is 2.25 bits per heavy atom. The SMILES string of the molecule is O=C1NC(O)SC1=O. The standard InChI is InChI=1S/C3H3NO3S/c5-1-2(6)8-3(7)4-1/h3,7H,(H,4,5). The van der Waals surface area contributed by atoms with Crippen molar-refractivity contribution >= 4 is 22.8 Å². The predicted molar refractivity (Wildman–Crippen MR) is 26.7 cm³/mol. The van der Waals surface area contributed by atoms with Gasteiger partial charge in [0, 0.05) is 0 Å². The third-order valence-electron chi connectivity index (χ3n) is 0.659. The highest BCUT2D eigenvalue weighted by molar-refractivity contribution is 8.16. The van der Waals surface area contributed by atoms with Crippen molar-refractivity contribution < 1.29 is 14.7 Å². The van der Waals surface area contributed by atoms with E-state index in [2.05, 4.69) is 0 Å². The number of aliphatic hydroxyl groups excluding tert-OH is 1. The molecule has 0 aromatic heterocycles. The van der Waals surface area contributed by atoms with Gasteiger partial charge in [-0.25, -0.2) is 0 Å². The average molecular weight is 133 g/mol. The maximum atomic E-state index is 10.2. The Kier molecular flexibility index (Phi) is 1.22. The van der Waals surface area contributed by atoms with E-state index in [1.165, 1.54) is 0 Å². The van der Waals surface area contributed by atoms with Crippen molar-refractivity contribution in [3.63, 3.8) is 0 Å². The monoisotopic (exact) mass is 133 g/mol. The minimum atomic E-state index is -1.03. The molecule has 2 N–H and O–H groups in total. The fourth-order valence-corrected chi connectivity index (χ4v) is 0.890. The number of nitrogens with one attached hydrogen (secondary N) is 1. The molecule has 0 aromatic rings. The van der Waals surface area contributed by atoms with Crippen LogP contribution in [0.5, 0.6) is 0 Å². The zero-order valence-electron chi connectivity index (χ0n) is 3.75. The normalized spacial score (nSPS) is 28.4.